The molecule has 0 spiro atoms. The average Bonchev–Trinajstić information content (AvgIpc) is 2.69. The molecule has 2 aromatic carbocycles. The summed E-state index contributed by atoms with van der Waals surface area (Å²) in [5, 5.41) is 20.3. The topological polar surface area (TPSA) is 123 Å². The fourth-order valence-corrected chi connectivity index (χ4v) is 4.13. The lowest BCUT2D eigenvalue weighted by atomic mass is 10.2. The molecule has 140 valence electrons. The van der Waals surface area contributed by atoms with E-state index in [0.717, 1.165) is 12.1 Å². The Hall–Kier alpha value is -3.00. The van der Waals surface area contributed by atoms with Crippen molar-refractivity contribution < 1.29 is 22.8 Å². The number of rotatable bonds is 5. The standard InChI is InChI=1S/C17H15N3O6S/c18-12-13-3-1-2-4-15(13)26-16-6-5-14(20(21)22)11-17(16)27(23,24)19-7-9-25-10-8-19/h1-6,11H,7-10H2. The molecule has 10 heteroatoms. The second-order valence-electron chi connectivity index (χ2n) is 5.61. The Labute approximate surface area is 155 Å². The monoisotopic (exact) mass is 389 g/mol. The van der Waals surface area contributed by atoms with Crippen LogP contribution in [0.5, 0.6) is 11.5 Å². The largest absolute Gasteiger partial charge is 0.455 e. The van der Waals surface area contributed by atoms with Crippen LogP contribution in [0.4, 0.5) is 5.69 Å². The summed E-state index contributed by atoms with van der Waals surface area (Å²) in [5.74, 6) is 0.0714. The van der Waals surface area contributed by atoms with Crippen LogP contribution < -0.4 is 4.74 Å². The number of non-ortho nitro benzene ring substituents is 1. The Morgan fingerprint density at radius 2 is 1.85 bits per heavy atom. The molecule has 1 fully saturated rings. The van der Waals surface area contributed by atoms with Crippen molar-refractivity contribution in [2.24, 2.45) is 0 Å². The molecule has 0 N–H and O–H groups in total. The predicted octanol–water partition coefficient (Wildman–Crippen LogP) is 2.28. The van der Waals surface area contributed by atoms with Crippen LogP contribution in [-0.4, -0.2) is 43.9 Å². The van der Waals surface area contributed by atoms with Crippen molar-refractivity contribution in [3.05, 3.63) is 58.1 Å². The van der Waals surface area contributed by atoms with Crippen molar-refractivity contribution in [2.45, 2.75) is 4.90 Å². The Kier molecular flexibility index (Phi) is 5.36. The van der Waals surface area contributed by atoms with Gasteiger partial charge in [0.15, 0.2) is 0 Å². The van der Waals surface area contributed by atoms with Crippen LogP contribution >= 0.6 is 0 Å². The number of ether oxygens (including phenoxy) is 2. The van der Waals surface area contributed by atoms with Gasteiger partial charge in [0, 0.05) is 25.2 Å². The minimum Gasteiger partial charge on any atom is -0.455 e. The summed E-state index contributed by atoms with van der Waals surface area (Å²) in [4.78, 5) is 10.1. The maximum atomic E-state index is 13.0. The van der Waals surface area contributed by atoms with Crippen molar-refractivity contribution in [1.29, 1.82) is 5.26 Å². The van der Waals surface area contributed by atoms with Gasteiger partial charge in [-0.05, 0) is 18.2 Å². The quantitative estimate of drug-likeness (QED) is 0.568. The van der Waals surface area contributed by atoms with Crippen molar-refractivity contribution in [3.63, 3.8) is 0 Å². The van der Waals surface area contributed by atoms with Crippen molar-refractivity contribution in [1.82, 2.24) is 4.31 Å². The van der Waals surface area contributed by atoms with Crippen LogP contribution in [0.2, 0.25) is 0 Å². The summed E-state index contributed by atoms with van der Waals surface area (Å²) >= 11 is 0. The van der Waals surface area contributed by atoms with E-state index >= 15 is 0 Å². The molecule has 0 bridgehead atoms. The molecule has 9 nitrogen and oxygen atoms in total. The molecule has 2 aromatic rings. The number of hydrogen-bond acceptors (Lipinski definition) is 7. The second kappa shape index (κ2) is 7.71. The smallest absolute Gasteiger partial charge is 0.271 e. The molecule has 3 rings (SSSR count). The Bertz CT molecular complexity index is 1010. The second-order valence-corrected chi connectivity index (χ2v) is 7.52. The third kappa shape index (κ3) is 3.90. The molecular weight excluding hydrogens is 374 g/mol. The van der Waals surface area contributed by atoms with Gasteiger partial charge in [-0.1, -0.05) is 12.1 Å². The van der Waals surface area contributed by atoms with E-state index < -0.39 is 14.9 Å². The average molecular weight is 389 g/mol. The minimum absolute atomic E-state index is 0.0882. The van der Waals surface area contributed by atoms with Gasteiger partial charge >= 0.3 is 0 Å². The highest BCUT2D eigenvalue weighted by Crippen LogP contribution is 2.35. The highest BCUT2D eigenvalue weighted by Gasteiger charge is 2.31. The maximum absolute atomic E-state index is 13.0. The number of nitro benzene ring substituents is 1. The highest BCUT2D eigenvalue weighted by atomic mass is 32.2. The number of sulfonamides is 1. The summed E-state index contributed by atoms with van der Waals surface area (Å²) in [6.45, 7) is 0.752. The van der Waals surface area contributed by atoms with E-state index in [4.69, 9.17) is 9.47 Å². The summed E-state index contributed by atoms with van der Waals surface area (Å²) in [5.41, 5.74) is -0.159. The van der Waals surface area contributed by atoms with Crippen LogP contribution in [0.3, 0.4) is 0 Å². The summed E-state index contributed by atoms with van der Waals surface area (Å²) in [6, 6.07) is 11.6. The SMILES string of the molecule is N#Cc1ccccc1Oc1ccc([N+](=O)[O-])cc1S(=O)(=O)N1CCOCC1. The fraction of sp³-hybridized carbons (Fsp3) is 0.235. The molecule has 1 saturated heterocycles. The van der Waals surface area contributed by atoms with Gasteiger partial charge in [-0.15, -0.1) is 0 Å². The number of nitro groups is 1. The van der Waals surface area contributed by atoms with Crippen molar-refractivity contribution in [2.75, 3.05) is 26.3 Å². The molecule has 1 aliphatic heterocycles. The van der Waals surface area contributed by atoms with Crippen LogP contribution in [0.25, 0.3) is 0 Å². The first-order valence-corrected chi connectivity index (χ1v) is 9.41. The van der Waals surface area contributed by atoms with E-state index in [0.29, 0.717) is 0 Å². The van der Waals surface area contributed by atoms with Gasteiger partial charge in [0.1, 0.15) is 22.5 Å². The zero-order chi connectivity index (χ0) is 19.4. The Morgan fingerprint density at radius 1 is 1.15 bits per heavy atom. The number of morpholine rings is 1. The lowest BCUT2D eigenvalue weighted by molar-refractivity contribution is -0.385. The molecule has 1 heterocycles. The van der Waals surface area contributed by atoms with E-state index in [1.165, 1.54) is 22.5 Å². The van der Waals surface area contributed by atoms with Gasteiger partial charge in [-0.25, -0.2) is 8.42 Å². The van der Waals surface area contributed by atoms with E-state index in [-0.39, 0.29) is 53.9 Å². The van der Waals surface area contributed by atoms with E-state index in [1.54, 1.807) is 12.1 Å². The van der Waals surface area contributed by atoms with Crippen LogP contribution in [-0.2, 0) is 14.8 Å². The number of nitrogens with zero attached hydrogens (tertiary/aromatic N) is 3. The number of hydrogen-bond donors (Lipinski definition) is 0. The van der Waals surface area contributed by atoms with Gasteiger partial charge in [-0.3, -0.25) is 10.1 Å². The molecular formula is C17H15N3O6S. The van der Waals surface area contributed by atoms with Gasteiger partial charge in [0.2, 0.25) is 10.0 Å². The van der Waals surface area contributed by atoms with Crippen LogP contribution in [0, 0.1) is 21.4 Å². The molecule has 0 atom stereocenters. The first-order valence-electron chi connectivity index (χ1n) is 7.97. The lowest BCUT2D eigenvalue weighted by Crippen LogP contribution is -2.40. The summed E-state index contributed by atoms with van der Waals surface area (Å²) in [6.07, 6.45) is 0. The van der Waals surface area contributed by atoms with Gasteiger partial charge in [0.05, 0.1) is 23.7 Å². The van der Waals surface area contributed by atoms with E-state index in [1.807, 2.05) is 6.07 Å². The third-order valence-corrected chi connectivity index (χ3v) is 5.87. The maximum Gasteiger partial charge on any atom is 0.271 e. The van der Waals surface area contributed by atoms with Gasteiger partial charge in [-0.2, -0.15) is 9.57 Å². The fourth-order valence-electron chi connectivity index (χ4n) is 2.59. The molecule has 0 unspecified atom stereocenters. The zero-order valence-corrected chi connectivity index (χ0v) is 14.9. The molecule has 0 saturated carbocycles. The first kappa shape index (κ1) is 18.8. The summed E-state index contributed by atoms with van der Waals surface area (Å²) in [7, 11) is -4.05. The number of nitriles is 1. The summed E-state index contributed by atoms with van der Waals surface area (Å²) < 4.78 is 38.1. The van der Waals surface area contributed by atoms with Crippen molar-refractivity contribution in [3.8, 4) is 17.6 Å². The predicted molar refractivity (Wildman–Crippen MR) is 93.9 cm³/mol. The number of benzene rings is 2. The van der Waals surface area contributed by atoms with Crippen LogP contribution in [0.15, 0.2) is 47.4 Å². The Balaban J connectivity index is 2.09. The molecule has 0 aliphatic carbocycles. The third-order valence-electron chi connectivity index (χ3n) is 3.95. The van der Waals surface area contributed by atoms with E-state index in [2.05, 4.69) is 0 Å². The normalized spacial score (nSPS) is 15.1. The molecule has 0 aromatic heterocycles. The van der Waals surface area contributed by atoms with Gasteiger partial charge < -0.3 is 9.47 Å². The number of para-hydroxylation sites is 1. The molecule has 0 amide bonds. The zero-order valence-electron chi connectivity index (χ0n) is 14.1. The first-order chi connectivity index (χ1) is 12.9. The lowest BCUT2D eigenvalue weighted by Gasteiger charge is -2.26. The van der Waals surface area contributed by atoms with E-state index in [9.17, 15) is 23.8 Å². The van der Waals surface area contributed by atoms with Crippen LogP contribution in [0.1, 0.15) is 5.56 Å². The molecule has 1 aliphatic rings. The highest BCUT2D eigenvalue weighted by molar-refractivity contribution is 7.89. The molecule has 0 radical (unpaired) electrons. The van der Waals surface area contributed by atoms with Gasteiger partial charge in [0.25, 0.3) is 5.69 Å². The molecule has 27 heavy (non-hydrogen) atoms. The minimum atomic E-state index is -4.05. The Morgan fingerprint density at radius 3 is 2.52 bits per heavy atom. The van der Waals surface area contributed by atoms with Crippen molar-refractivity contribution >= 4 is 15.7 Å².